The minimum absolute atomic E-state index is 0. The van der Waals surface area contributed by atoms with Crippen LogP contribution in [0, 0.1) is 6.92 Å². The first-order valence-corrected chi connectivity index (χ1v) is 7.44. The third kappa shape index (κ3) is 6.28. The van der Waals surface area contributed by atoms with Gasteiger partial charge in [0.1, 0.15) is 6.04 Å². The summed E-state index contributed by atoms with van der Waals surface area (Å²) in [5.74, 6) is 0.0187. The number of hydrogen-bond donors (Lipinski definition) is 1. The summed E-state index contributed by atoms with van der Waals surface area (Å²) in [6, 6.07) is 7.30. The third-order valence-electron chi connectivity index (χ3n) is 4.00. The van der Waals surface area contributed by atoms with Gasteiger partial charge in [0, 0.05) is 39.8 Å². The number of halogens is 2. The summed E-state index contributed by atoms with van der Waals surface area (Å²) in [6.45, 7) is 6.92. The van der Waals surface area contributed by atoms with Gasteiger partial charge in [-0.3, -0.25) is 9.69 Å². The van der Waals surface area contributed by atoms with Gasteiger partial charge in [0.15, 0.2) is 0 Å². The Morgan fingerprint density at radius 2 is 1.74 bits per heavy atom. The van der Waals surface area contributed by atoms with E-state index in [1.807, 2.05) is 36.1 Å². The number of benzene rings is 1. The lowest BCUT2D eigenvalue weighted by Gasteiger charge is -2.35. The Bertz CT molecular complexity index is 463. The Hall–Kier alpha value is -0.850. The first-order valence-electron chi connectivity index (χ1n) is 7.44. The molecular weight excluding hydrogens is 337 g/mol. The minimum atomic E-state index is -0.559. The van der Waals surface area contributed by atoms with Crippen LogP contribution in [0.1, 0.15) is 17.2 Å². The number of ether oxygens (including phenoxy) is 1. The molecule has 0 bridgehead atoms. The predicted molar refractivity (Wildman–Crippen MR) is 97.5 cm³/mol. The van der Waals surface area contributed by atoms with E-state index in [2.05, 4.69) is 4.90 Å². The van der Waals surface area contributed by atoms with Crippen molar-refractivity contribution in [1.29, 1.82) is 0 Å². The molecule has 1 saturated heterocycles. The Balaban J connectivity index is 0.00000242. The number of methoxy groups -OCH3 is 1. The molecule has 1 aromatic carbocycles. The second-order valence-corrected chi connectivity index (χ2v) is 5.55. The molecule has 23 heavy (non-hydrogen) atoms. The first kappa shape index (κ1) is 22.1. The molecular formula is C16H27Cl2N3O2. The number of carbonyl (C=O) groups excluding carboxylic acids is 1. The van der Waals surface area contributed by atoms with Crippen LogP contribution < -0.4 is 5.73 Å². The maximum atomic E-state index is 12.5. The molecule has 1 amide bonds. The van der Waals surface area contributed by atoms with E-state index in [9.17, 15) is 4.79 Å². The molecule has 2 rings (SSSR count). The molecule has 0 aliphatic carbocycles. The molecule has 0 aromatic heterocycles. The number of nitrogens with two attached hydrogens (primary N) is 1. The molecule has 0 radical (unpaired) electrons. The number of aryl methyl sites for hydroxylation is 1. The molecule has 7 heteroatoms. The van der Waals surface area contributed by atoms with Crippen LogP contribution in [-0.2, 0) is 9.53 Å². The van der Waals surface area contributed by atoms with Gasteiger partial charge in [-0.25, -0.2) is 0 Å². The molecule has 1 aromatic rings. The van der Waals surface area contributed by atoms with Crippen molar-refractivity contribution in [3.05, 3.63) is 35.4 Å². The van der Waals surface area contributed by atoms with Gasteiger partial charge in [-0.1, -0.05) is 29.8 Å². The fourth-order valence-corrected chi connectivity index (χ4v) is 2.53. The van der Waals surface area contributed by atoms with E-state index in [-0.39, 0.29) is 30.7 Å². The van der Waals surface area contributed by atoms with Crippen LogP contribution in [0.3, 0.4) is 0 Å². The van der Waals surface area contributed by atoms with Crippen molar-refractivity contribution >= 4 is 30.7 Å². The summed E-state index contributed by atoms with van der Waals surface area (Å²) in [4.78, 5) is 16.6. The van der Waals surface area contributed by atoms with Gasteiger partial charge < -0.3 is 15.4 Å². The van der Waals surface area contributed by atoms with Crippen LogP contribution in [0.25, 0.3) is 0 Å². The number of nitrogens with zero attached hydrogens (tertiary/aromatic N) is 2. The molecule has 1 unspecified atom stereocenters. The fourth-order valence-electron chi connectivity index (χ4n) is 2.53. The van der Waals surface area contributed by atoms with E-state index in [1.54, 1.807) is 7.11 Å². The number of carbonyl (C=O) groups is 1. The number of piperazine rings is 1. The van der Waals surface area contributed by atoms with Crippen molar-refractivity contribution in [2.45, 2.75) is 13.0 Å². The highest BCUT2D eigenvalue weighted by Crippen LogP contribution is 2.15. The number of amides is 1. The smallest absolute Gasteiger partial charge is 0.244 e. The van der Waals surface area contributed by atoms with Gasteiger partial charge in [0.05, 0.1) is 6.61 Å². The van der Waals surface area contributed by atoms with Gasteiger partial charge in [-0.15, -0.1) is 24.8 Å². The lowest BCUT2D eigenvalue weighted by molar-refractivity contribution is -0.134. The van der Waals surface area contributed by atoms with E-state index in [0.29, 0.717) is 0 Å². The van der Waals surface area contributed by atoms with Crippen LogP contribution in [-0.4, -0.2) is 62.1 Å². The molecule has 5 nitrogen and oxygen atoms in total. The average molecular weight is 364 g/mol. The normalized spacial score (nSPS) is 16.2. The zero-order valence-electron chi connectivity index (χ0n) is 13.7. The van der Waals surface area contributed by atoms with E-state index < -0.39 is 6.04 Å². The molecule has 1 fully saturated rings. The standard InChI is InChI=1S/C16H25N3O2.2ClH/c1-13-3-5-14(6-4-13)15(17)16(20)19-9-7-18(8-10-19)11-12-21-2;;/h3-6,15H,7-12,17H2,1-2H3;2*1H. The highest BCUT2D eigenvalue weighted by Gasteiger charge is 2.25. The second-order valence-electron chi connectivity index (χ2n) is 5.55. The number of rotatable bonds is 5. The SMILES string of the molecule is COCCN1CCN(C(=O)C(N)c2ccc(C)cc2)CC1.Cl.Cl. The number of hydrogen-bond acceptors (Lipinski definition) is 4. The van der Waals surface area contributed by atoms with Crippen LogP contribution in [0.2, 0.25) is 0 Å². The predicted octanol–water partition coefficient (Wildman–Crippen LogP) is 1.63. The molecule has 1 aliphatic rings. The third-order valence-corrected chi connectivity index (χ3v) is 4.00. The van der Waals surface area contributed by atoms with Gasteiger partial charge in [0.2, 0.25) is 5.91 Å². The van der Waals surface area contributed by atoms with Gasteiger partial charge >= 0.3 is 0 Å². The molecule has 1 atom stereocenters. The zero-order chi connectivity index (χ0) is 15.2. The Labute approximate surface area is 151 Å². The molecule has 0 spiro atoms. The van der Waals surface area contributed by atoms with Crippen molar-refractivity contribution < 1.29 is 9.53 Å². The molecule has 132 valence electrons. The van der Waals surface area contributed by atoms with Crippen molar-refractivity contribution in [1.82, 2.24) is 9.80 Å². The maximum absolute atomic E-state index is 12.5. The van der Waals surface area contributed by atoms with Crippen molar-refractivity contribution in [2.75, 3.05) is 46.4 Å². The molecule has 2 N–H and O–H groups in total. The second kappa shape index (κ2) is 10.8. The minimum Gasteiger partial charge on any atom is -0.383 e. The Morgan fingerprint density at radius 1 is 1.17 bits per heavy atom. The van der Waals surface area contributed by atoms with Crippen molar-refractivity contribution in [3.63, 3.8) is 0 Å². The van der Waals surface area contributed by atoms with Crippen LogP contribution >= 0.6 is 24.8 Å². The fraction of sp³-hybridized carbons (Fsp3) is 0.562. The van der Waals surface area contributed by atoms with E-state index in [1.165, 1.54) is 5.56 Å². The Morgan fingerprint density at radius 3 is 2.26 bits per heavy atom. The zero-order valence-corrected chi connectivity index (χ0v) is 15.4. The summed E-state index contributed by atoms with van der Waals surface area (Å²) in [6.07, 6.45) is 0. The van der Waals surface area contributed by atoms with Crippen molar-refractivity contribution in [2.24, 2.45) is 5.73 Å². The van der Waals surface area contributed by atoms with Gasteiger partial charge in [-0.05, 0) is 12.5 Å². The van der Waals surface area contributed by atoms with Crippen LogP contribution in [0.4, 0.5) is 0 Å². The Kier molecular flexibility index (Phi) is 10.4. The molecule has 1 heterocycles. The van der Waals surface area contributed by atoms with Crippen molar-refractivity contribution in [3.8, 4) is 0 Å². The summed E-state index contributed by atoms with van der Waals surface area (Å²) in [5, 5.41) is 0. The summed E-state index contributed by atoms with van der Waals surface area (Å²) < 4.78 is 5.08. The topological polar surface area (TPSA) is 58.8 Å². The van der Waals surface area contributed by atoms with E-state index in [4.69, 9.17) is 10.5 Å². The lowest BCUT2D eigenvalue weighted by atomic mass is 10.0. The molecule has 0 saturated carbocycles. The van der Waals surface area contributed by atoms with Crippen LogP contribution in [0.15, 0.2) is 24.3 Å². The van der Waals surface area contributed by atoms with Crippen LogP contribution in [0.5, 0.6) is 0 Å². The lowest BCUT2D eigenvalue weighted by Crippen LogP contribution is -2.51. The van der Waals surface area contributed by atoms with Gasteiger partial charge in [0.25, 0.3) is 0 Å². The molecule has 1 aliphatic heterocycles. The summed E-state index contributed by atoms with van der Waals surface area (Å²) in [7, 11) is 1.71. The summed E-state index contributed by atoms with van der Waals surface area (Å²) in [5.41, 5.74) is 8.16. The maximum Gasteiger partial charge on any atom is 0.244 e. The van der Waals surface area contributed by atoms with E-state index in [0.717, 1.165) is 44.9 Å². The highest BCUT2D eigenvalue weighted by molar-refractivity contribution is 5.85. The average Bonchev–Trinajstić information content (AvgIpc) is 2.53. The van der Waals surface area contributed by atoms with E-state index >= 15 is 0 Å². The monoisotopic (exact) mass is 363 g/mol. The van der Waals surface area contributed by atoms with Gasteiger partial charge in [-0.2, -0.15) is 0 Å². The first-order chi connectivity index (χ1) is 10.1. The quantitative estimate of drug-likeness (QED) is 0.863. The summed E-state index contributed by atoms with van der Waals surface area (Å²) >= 11 is 0. The highest BCUT2D eigenvalue weighted by atomic mass is 35.5. The largest absolute Gasteiger partial charge is 0.383 e.